The first-order valence-electron chi connectivity index (χ1n) is 3.69. The summed E-state index contributed by atoms with van der Waals surface area (Å²) in [5.41, 5.74) is 2.45. The molecule has 0 radical (unpaired) electrons. The van der Waals surface area contributed by atoms with Crippen molar-refractivity contribution >= 4 is 5.65 Å². The third-order valence-electron chi connectivity index (χ3n) is 1.71. The van der Waals surface area contributed by atoms with Gasteiger partial charge in [0.15, 0.2) is 5.65 Å². The lowest BCUT2D eigenvalue weighted by Crippen LogP contribution is -1.93. The van der Waals surface area contributed by atoms with Crippen LogP contribution in [0, 0.1) is 13.8 Å². The molecule has 0 aliphatic heterocycles. The van der Waals surface area contributed by atoms with Crippen LogP contribution in [0.1, 0.15) is 11.4 Å². The Morgan fingerprint density at radius 1 is 1.25 bits per heavy atom. The van der Waals surface area contributed by atoms with Crippen LogP contribution in [0.25, 0.3) is 5.65 Å². The van der Waals surface area contributed by atoms with Crippen molar-refractivity contribution in [2.24, 2.45) is 0 Å². The minimum atomic E-state index is 0.0329. The SMILES string of the molecule is Cc1cn2cc(O)nc2c(C)n1. The van der Waals surface area contributed by atoms with Crippen molar-refractivity contribution in [1.29, 1.82) is 0 Å². The van der Waals surface area contributed by atoms with Crippen LogP contribution < -0.4 is 0 Å². The Hall–Kier alpha value is -1.58. The van der Waals surface area contributed by atoms with Gasteiger partial charge in [-0.15, -0.1) is 0 Å². The van der Waals surface area contributed by atoms with Gasteiger partial charge in [0.25, 0.3) is 0 Å². The van der Waals surface area contributed by atoms with E-state index in [-0.39, 0.29) is 5.88 Å². The van der Waals surface area contributed by atoms with E-state index in [1.54, 1.807) is 10.6 Å². The second-order valence-corrected chi connectivity index (χ2v) is 2.80. The highest BCUT2D eigenvalue weighted by Crippen LogP contribution is 2.12. The zero-order valence-electron chi connectivity index (χ0n) is 6.94. The van der Waals surface area contributed by atoms with Crippen molar-refractivity contribution in [3.63, 3.8) is 0 Å². The number of aryl methyl sites for hydroxylation is 2. The molecule has 0 atom stereocenters. The van der Waals surface area contributed by atoms with Crippen LogP contribution in [0.2, 0.25) is 0 Å². The lowest BCUT2D eigenvalue weighted by molar-refractivity contribution is 0.457. The number of hydrogen-bond acceptors (Lipinski definition) is 3. The molecule has 0 unspecified atom stereocenters. The average Bonchev–Trinajstić information content (AvgIpc) is 2.29. The molecule has 0 saturated carbocycles. The van der Waals surface area contributed by atoms with Crippen LogP contribution in [0.5, 0.6) is 5.88 Å². The molecule has 0 aliphatic carbocycles. The van der Waals surface area contributed by atoms with Crippen molar-refractivity contribution in [3.05, 3.63) is 23.8 Å². The Kier molecular flexibility index (Phi) is 1.30. The van der Waals surface area contributed by atoms with Crippen LogP contribution >= 0.6 is 0 Å². The summed E-state index contributed by atoms with van der Waals surface area (Å²) in [6.45, 7) is 3.78. The fourth-order valence-electron chi connectivity index (χ4n) is 1.29. The van der Waals surface area contributed by atoms with Gasteiger partial charge in [0, 0.05) is 6.20 Å². The van der Waals surface area contributed by atoms with Crippen LogP contribution in [0.15, 0.2) is 12.4 Å². The van der Waals surface area contributed by atoms with Gasteiger partial charge in [0.05, 0.1) is 17.6 Å². The van der Waals surface area contributed by atoms with Gasteiger partial charge in [0.2, 0.25) is 5.88 Å². The molecule has 4 heteroatoms. The van der Waals surface area contributed by atoms with Gasteiger partial charge >= 0.3 is 0 Å². The number of aromatic hydroxyl groups is 1. The molecule has 0 spiro atoms. The minimum Gasteiger partial charge on any atom is -0.492 e. The monoisotopic (exact) mass is 163 g/mol. The van der Waals surface area contributed by atoms with E-state index in [4.69, 9.17) is 5.11 Å². The van der Waals surface area contributed by atoms with Gasteiger partial charge in [-0.3, -0.25) is 9.38 Å². The summed E-state index contributed by atoms with van der Waals surface area (Å²) < 4.78 is 1.77. The second kappa shape index (κ2) is 2.20. The normalized spacial score (nSPS) is 10.8. The summed E-state index contributed by atoms with van der Waals surface area (Å²) >= 11 is 0. The molecule has 2 aromatic heterocycles. The zero-order valence-corrected chi connectivity index (χ0v) is 6.94. The molecule has 62 valence electrons. The van der Waals surface area contributed by atoms with Crippen molar-refractivity contribution < 1.29 is 5.11 Å². The lowest BCUT2D eigenvalue weighted by atomic mass is 10.4. The van der Waals surface area contributed by atoms with Crippen LogP contribution in [-0.4, -0.2) is 19.5 Å². The van der Waals surface area contributed by atoms with Gasteiger partial charge in [0.1, 0.15) is 0 Å². The van der Waals surface area contributed by atoms with Gasteiger partial charge < -0.3 is 5.11 Å². The van der Waals surface area contributed by atoms with Crippen LogP contribution in [-0.2, 0) is 0 Å². The van der Waals surface area contributed by atoms with E-state index in [1.807, 2.05) is 20.0 Å². The van der Waals surface area contributed by atoms with E-state index in [2.05, 4.69) is 9.97 Å². The van der Waals surface area contributed by atoms with Crippen LogP contribution in [0.3, 0.4) is 0 Å². The molecule has 12 heavy (non-hydrogen) atoms. The topological polar surface area (TPSA) is 50.4 Å². The molecule has 2 aromatic rings. The molecule has 1 N–H and O–H groups in total. The van der Waals surface area contributed by atoms with Gasteiger partial charge in [-0.2, -0.15) is 4.98 Å². The number of hydrogen-bond donors (Lipinski definition) is 1. The molecule has 0 saturated heterocycles. The predicted molar refractivity (Wildman–Crippen MR) is 44.1 cm³/mol. The fraction of sp³-hybridized carbons (Fsp3) is 0.250. The zero-order chi connectivity index (χ0) is 8.72. The van der Waals surface area contributed by atoms with Crippen molar-refractivity contribution in [3.8, 4) is 5.88 Å². The number of fused-ring (bicyclic) bond motifs is 1. The number of nitrogens with zero attached hydrogens (tertiary/aromatic N) is 3. The lowest BCUT2D eigenvalue weighted by Gasteiger charge is -1.97. The molecule has 0 amide bonds. The van der Waals surface area contributed by atoms with E-state index < -0.39 is 0 Å². The third kappa shape index (κ3) is 0.922. The van der Waals surface area contributed by atoms with Crippen LogP contribution in [0.4, 0.5) is 0 Å². The molecule has 0 bridgehead atoms. The Balaban J connectivity index is 2.88. The molecule has 0 aliphatic rings. The van der Waals surface area contributed by atoms with E-state index >= 15 is 0 Å². The highest BCUT2D eigenvalue weighted by molar-refractivity contribution is 5.45. The summed E-state index contributed by atoms with van der Waals surface area (Å²) in [7, 11) is 0. The average molecular weight is 163 g/mol. The standard InChI is InChI=1S/C8H9N3O/c1-5-3-11-4-7(12)10-8(11)6(2)9-5/h3-4,12H,1-2H3. The van der Waals surface area contributed by atoms with E-state index in [1.165, 1.54) is 0 Å². The molecule has 2 heterocycles. The van der Waals surface area contributed by atoms with Gasteiger partial charge in [-0.25, -0.2) is 0 Å². The second-order valence-electron chi connectivity index (χ2n) is 2.80. The molecular weight excluding hydrogens is 154 g/mol. The Morgan fingerprint density at radius 2 is 2.00 bits per heavy atom. The summed E-state index contributed by atoms with van der Waals surface area (Å²) in [5, 5.41) is 9.11. The highest BCUT2D eigenvalue weighted by Gasteiger charge is 2.03. The third-order valence-corrected chi connectivity index (χ3v) is 1.71. The Bertz CT molecular complexity index is 433. The maximum Gasteiger partial charge on any atom is 0.230 e. The van der Waals surface area contributed by atoms with Crippen molar-refractivity contribution in [2.75, 3.05) is 0 Å². The Labute approximate surface area is 69.5 Å². The molecular formula is C8H9N3O. The largest absolute Gasteiger partial charge is 0.492 e. The number of aromatic nitrogens is 3. The smallest absolute Gasteiger partial charge is 0.230 e. The first-order chi connectivity index (χ1) is 5.66. The summed E-state index contributed by atoms with van der Waals surface area (Å²) in [6.07, 6.45) is 3.39. The van der Waals surface area contributed by atoms with Gasteiger partial charge in [-0.05, 0) is 13.8 Å². The van der Waals surface area contributed by atoms with E-state index in [0.29, 0.717) is 5.65 Å². The molecule has 2 rings (SSSR count). The maximum atomic E-state index is 9.11. The summed E-state index contributed by atoms with van der Waals surface area (Å²) in [4.78, 5) is 8.13. The Morgan fingerprint density at radius 3 is 2.75 bits per heavy atom. The number of imidazole rings is 1. The first kappa shape index (κ1) is 7.09. The van der Waals surface area contributed by atoms with Gasteiger partial charge in [-0.1, -0.05) is 0 Å². The first-order valence-corrected chi connectivity index (χ1v) is 3.69. The summed E-state index contributed by atoms with van der Waals surface area (Å²) in [6, 6.07) is 0. The number of rotatable bonds is 0. The van der Waals surface area contributed by atoms with Crippen molar-refractivity contribution in [2.45, 2.75) is 13.8 Å². The predicted octanol–water partition coefficient (Wildman–Crippen LogP) is 1.05. The molecule has 4 nitrogen and oxygen atoms in total. The molecule has 0 aromatic carbocycles. The van der Waals surface area contributed by atoms with E-state index in [0.717, 1.165) is 11.4 Å². The minimum absolute atomic E-state index is 0.0329. The van der Waals surface area contributed by atoms with E-state index in [9.17, 15) is 0 Å². The quantitative estimate of drug-likeness (QED) is 0.631. The highest BCUT2D eigenvalue weighted by atomic mass is 16.3. The maximum absolute atomic E-state index is 9.11. The van der Waals surface area contributed by atoms with Crippen molar-refractivity contribution in [1.82, 2.24) is 14.4 Å². The fourth-order valence-corrected chi connectivity index (χ4v) is 1.29. The summed E-state index contributed by atoms with van der Waals surface area (Å²) in [5.74, 6) is 0.0329. The molecule has 0 fully saturated rings.